The summed E-state index contributed by atoms with van der Waals surface area (Å²) in [6.45, 7) is 5.34. The van der Waals surface area contributed by atoms with Gasteiger partial charge in [-0.15, -0.1) is 0 Å². The van der Waals surface area contributed by atoms with E-state index in [1.165, 1.54) is 24.3 Å². The van der Waals surface area contributed by atoms with Gasteiger partial charge in [-0.25, -0.2) is 0 Å². The number of esters is 2. The van der Waals surface area contributed by atoms with E-state index in [1.807, 2.05) is 0 Å². The molecule has 4 nitrogen and oxygen atoms in total. The van der Waals surface area contributed by atoms with Crippen molar-refractivity contribution in [2.45, 2.75) is 19.5 Å². The van der Waals surface area contributed by atoms with E-state index < -0.39 is 21.7 Å². The molecule has 0 heterocycles. The fraction of sp³-hybridized carbons (Fsp3) is 0.294. The molecule has 0 saturated heterocycles. The normalized spacial score (nSPS) is 12.2. The summed E-state index contributed by atoms with van der Waals surface area (Å²) in [6, 6.07) is 5.55. The van der Waals surface area contributed by atoms with Gasteiger partial charge >= 0.3 is 157 Å². The molecule has 1 rings (SSSR count). The summed E-state index contributed by atoms with van der Waals surface area (Å²) < 4.78 is 48.1. The van der Waals surface area contributed by atoms with Crippen LogP contribution in [0.15, 0.2) is 40.0 Å². The SMILES string of the molecule is C=C(C/C(=[C](/[Sn+])C(F)(F)F)c1ccc(C(=O)OCC)cc1)C(=O)OC. The summed E-state index contributed by atoms with van der Waals surface area (Å²) in [5.74, 6) is -1.33. The molecule has 0 aromatic heterocycles. The predicted octanol–water partition coefficient (Wildman–Crippen LogP) is 3.42. The average Bonchev–Trinajstić information content (AvgIpc) is 2.57. The van der Waals surface area contributed by atoms with Crippen LogP contribution in [0.4, 0.5) is 13.2 Å². The van der Waals surface area contributed by atoms with Gasteiger partial charge in [-0.1, -0.05) is 0 Å². The van der Waals surface area contributed by atoms with Crippen molar-refractivity contribution in [2.24, 2.45) is 0 Å². The summed E-state index contributed by atoms with van der Waals surface area (Å²) in [4.78, 5) is 23.1. The third-order valence-electron chi connectivity index (χ3n) is 3.19. The molecule has 1 aromatic rings. The third kappa shape index (κ3) is 5.91. The molecule has 0 unspecified atom stereocenters. The van der Waals surface area contributed by atoms with Crippen molar-refractivity contribution in [2.75, 3.05) is 13.7 Å². The van der Waals surface area contributed by atoms with E-state index >= 15 is 0 Å². The first-order valence-electron chi connectivity index (χ1n) is 7.17. The molecular formula is C17H16F3O4Sn+. The number of halogens is 3. The molecule has 0 spiro atoms. The Bertz CT molecular complexity index is 691. The van der Waals surface area contributed by atoms with Crippen LogP contribution in [0.1, 0.15) is 29.3 Å². The first kappa shape index (κ1) is 21.3. The Balaban J connectivity index is 3.27. The monoisotopic (exact) mass is 461 g/mol. The number of carbonyl (C=O) groups excluding carboxylic acids is 2. The Morgan fingerprint density at radius 1 is 1.16 bits per heavy atom. The predicted molar refractivity (Wildman–Crippen MR) is 86.9 cm³/mol. The van der Waals surface area contributed by atoms with Crippen molar-refractivity contribution in [1.29, 1.82) is 0 Å². The first-order valence-corrected chi connectivity index (χ1v) is 8.60. The van der Waals surface area contributed by atoms with Gasteiger partial charge in [0.2, 0.25) is 0 Å². The van der Waals surface area contributed by atoms with Gasteiger partial charge in [0.05, 0.1) is 0 Å². The van der Waals surface area contributed by atoms with Crippen LogP contribution in [-0.4, -0.2) is 54.4 Å². The van der Waals surface area contributed by atoms with Crippen LogP contribution in [0.2, 0.25) is 0 Å². The van der Waals surface area contributed by atoms with Crippen molar-refractivity contribution >= 4 is 40.0 Å². The van der Waals surface area contributed by atoms with Gasteiger partial charge in [0.1, 0.15) is 0 Å². The quantitative estimate of drug-likeness (QED) is 0.371. The van der Waals surface area contributed by atoms with Crippen molar-refractivity contribution < 1.29 is 32.2 Å². The number of methoxy groups -OCH3 is 1. The van der Waals surface area contributed by atoms with Crippen molar-refractivity contribution in [3.63, 3.8) is 0 Å². The van der Waals surface area contributed by atoms with Crippen molar-refractivity contribution in [3.05, 3.63) is 51.1 Å². The molecule has 0 saturated carbocycles. The topological polar surface area (TPSA) is 52.6 Å². The van der Waals surface area contributed by atoms with Crippen LogP contribution < -0.4 is 0 Å². The number of allylic oxidation sites excluding steroid dienone is 2. The number of alkyl halides is 3. The van der Waals surface area contributed by atoms with Crippen molar-refractivity contribution in [3.8, 4) is 0 Å². The first-order chi connectivity index (χ1) is 11.6. The Kier molecular flexibility index (Phi) is 7.72. The van der Waals surface area contributed by atoms with E-state index in [0.29, 0.717) is 0 Å². The third-order valence-corrected chi connectivity index (χ3v) is 4.86. The minimum atomic E-state index is -4.52. The Morgan fingerprint density at radius 3 is 2.12 bits per heavy atom. The van der Waals surface area contributed by atoms with Crippen LogP contribution in [0.25, 0.3) is 5.57 Å². The van der Waals surface area contributed by atoms with Crippen LogP contribution in [0.3, 0.4) is 0 Å². The second-order valence-corrected chi connectivity index (χ2v) is 6.35. The molecule has 132 valence electrons. The second-order valence-electron chi connectivity index (χ2n) is 4.92. The van der Waals surface area contributed by atoms with Crippen LogP contribution in [0, 0.1) is 0 Å². The van der Waals surface area contributed by atoms with Gasteiger partial charge in [-0.2, -0.15) is 0 Å². The summed E-state index contributed by atoms with van der Waals surface area (Å²) in [7, 11) is 1.13. The maximum atomic E-state index is 13.2. The summed E-state index contributed by atoms with van der Waals surface area (Å²) >= 11 is 0.155. The van der Waals surface area contributed by atoms with Gasteiger partial charge in [0.25, 0.3) is 0 Å². The molecule has 0 aliphatic rings. The number of carbonyl (C=O) groups is 2. The Labute approximate surface area is 156 Å². The van der Waals surface area contributed by atoms with Gasteiger partial charge in [0, 0.05) is 0 Å². The Morgan fingerprint density at radius 2 is 1.68 bits per heavy atom. The molecule has 1 aromatic carbocycles. The van der Waals surface area contributed by atoms with Crippen LogP contribution >= 0.6 is 0 Å². The maximum absolute atomic E-state index is 13.2. The molecule has 0 bridgehead atoms. The van der Waals surface area contributed by atoms with E-state index in [0.717, 1.165) is 7.11 Å². The zero-order valence-corrected chi connectivity index (χ0v) is 16.6. The zero-order valence-electron chi connectivity index (χ0n) is 13.7. The van der Waals surface area contributed by atoms with Gasteiger partial charge in [0.15, 0.2) is 0 Å². The van der Waals surface area contributed by atoms with Gasteiger partial charge < -0.3 is 0 Å². The molecule has 0 N–H and O–H groups in total. The van der Waals surface area contributed by atoms with Crippen LogP contribution in [-0.2, 0) is 14.3 Å². The fourth-order valence-corrected chi connectivity index (χ4v) is 2.62. The van der Waals surface area contributed by atoms with E-state index in [2.05, 4.69) is 11.3 Å². The standard InChI is InChI=1S/C17H16F3O4.Sn/c1-4-24-16(22)13-7-5-12(6-8-13)14(10-17(18,19)20)9-11(2)15(21)23-3;/h5-8H,2,4,9H2,1,3H3;/q;+1. The van der Waals surface area contributed by atoms with E-state index in [9.17, 15) is 22.8 Å². The van der Waals surface area contributed by atoms with E-state index in [-0.39, 0.29) is 57.8 Å². The van der Waals surface area contributed by atoms with E-state index in [4.69, 9.17) is 4.74 Å². The molecule has 25 heavy (non-hydrogen) atoms. The number of hydrogen-bond acceptors (Lipinski definition) is 4. The van der Waals surface area contributed by atoms with Gasteiger partial charge in [-0.05, 0) is 0 Å². The molecular weight excluding hydrogens is 444 g/mol. The molecule has 0 aliphatic carbocycles. The Hall–Kier alpha value is -1.77. The number of ether oxygens (including phenoxy) is 2. The number of hydrogen-bond donors (Lipinski definition) is 0. The molecule has 8 heteroatoms. The zero-order chi connectivity index (χ0) is 19.2. The summed E-state index contributed by atoms with van der Waals surface area (Å²) in [6.07, 6.45) is -4.82. The minimum absolute atomic E-state index is 0.0727. The summed E-state index contributed by atoms with van der Waals surface area (Å²) in [5.41, 5.74) is 0.323. The van der Waals surface area contributed by atoms with Crippen LogP contribution in [0.5, 0.6) is 0 Å². The van der Waals surface area contributed by atoms with Crippen molar-refractivity contribution in [1.82, 2.24) is 0 Å². The molecule has 0 atom stereocenters. The molecule has 0 fully saturated rings. The van der Waals surface area contributed by atoms with Gasteiger partial charge in [-0.3, -0.25) is 0 Å². The molecule has 0 aliphatic heterocycles. The molecule has 0 amide bonds. The van der Waals surface area contributed by atoms with E-state index in [1.54, 1.807) is 6.92 Å². The average molecular weight is 460 g/mol. The molecule has 2 radical (unpaired) electrons. The fourth-order valence-electron chi connectivity index (χ4n) is 1.96. The number of benzene rings is 1. The summed E-state index contributed by atoms with van der Waals surface area (Å²) in [5, 5.41) is 0. The number of rotatable bonds is 6. The second kappa shape index (κ2) is 9.07.